The van der Waals surface area contributed by atoms with E-state index in [1.165, 1.54) is 0 Å². The molecule has 0 saturated carbocycles. The molecule has 0 rings (SSSR count). The van der Waals surface area contributed by atoms with Crippen LogP contribution in [0.1, 0.15) is 25.7 Å². The summed E-state index contributed by atoms with van der Waals surface area (Å²) in [7, 11) is 0. The molecule has 0 aromatic carbocycles. The lowest BCUT2D eigenvalue weighted by molar-refractivity contribution is -0.150. The van der Waals surface area contributed by atoms with Gasteiger partial charge in [0.25, 0.3) is 0 Å². The maximum absolute atomic E-state index is 11.4. The minimum Gasteiger partial charge on any atom is -0.481 e. The topological polar surface area (TPSA) is 104 Å². The molecular weight excluding hydrogens is 216 g/mol. The van der Waals surface area contributed by atoms with Crippen LogP contribution in [0.5, 0.6) is 0 Å². The number of carboxylic acids is 1. The number of hydrogen-bond donors (Lipinski definition) is 3. The first-order valence-electron chi connectivity index (χ1n) is 5.22. The molecule has 0 heterocycles. The molecule has 16 heavy (non-hydrogen) atoms. The Bertz CT molecular complexity index is 215. The second-order valence-electron chi connectivity index (χ2n) is 3.39. The van der Waals surface area contributed by atoms with E-state index >= 15 is 0 Å². The van der Waals surface area contributed by atoms with Gasteiger partial charge in [0.2, 0.25) is 0 Å². The number of ether oxygens (including phenoxy) is 1. The molecule has 0 aliphatic rings. The van der Waals surface area contributed by atoms with Crippen LogP contribution in [-0.2, 0) is 14.3 Å². The lowest BCUT2D eigenvalue weighted by atomic mass is 9.99. The third kappa shape index (κ3) is 7.19. The predicted octanol–water partition coefficient (Wildman–Crippen LogP) is -0.225. The number of aliphatic hydroxyl groups is 2. The Kier molecular flexibility index (Phi) is 8.46. The molecule has 0 radical (unpaired) electrons. The molecule has 0 aliphatic heterocycles. The van der Waals surface area contributed by atoms with Gasteiger partial charge in [0.1, 0.15) is 6.61 Å². The number of carbonyl (C=O) groups excluding carboxylic acids is 1. The minimum atomic E-state index is -0.911. The zero-order valence-electron chi connectivity index (χ0n) is 9.09. The van der Waals surface area contributed by atoms with E-state index in [0.29, 0.717) is 12.8 Å². The van der Waals surface area contributed by atoms with Gasteiger partial charge >= 0.3 is 11.9 Å². The molecule has 6 nitrogen and oxygen atoms in total. The van der Waals surface area contributed by atoms with Gasteiger partial charge in [0.15, 0.2) is 0 Å². The first-order chi connectivity index (χ1) is 7.61. The maximum atomic E-state index is 11.4. The summed E-state index contributed by atoms with van der Waals surface area (Å²) in [5, 5.41) is 25.7. The van der Waals surface area contributed by atoms with E-state index in [2.05, 4.69) is 0 Å². The van der Waals surface area contributed by atoms with Gasteiger partial charge in [-0.05, 0) is 19.3 Å². The van der Waals surface area contributed by atoms with E-state index < -0.39 is 17.9 Å². The van der Waals surface area contributed by atoms with Crippen molar-refractivity contribution < 1.29 is 29.6 Å². The molecule has 6 heteroatoms. The third-order valence-electron chi connectivity index (χ3n) is 2.09. The average molecular weight is 234 g/mol. The molecule has 3 N–H and O–H groups in total. The molecule has 0 bridgehead atoms. The van der Waals surface area contributed by atoms with Gasteiger partial charge in [-0.2, -0.15) is 0 Å². The van der Waals surface area contributed by atoms with Gasteiger partial charge in [-0.1, -0.05) is 0 Å². The summed E-state index contributed by atoms with van der Waals surface area (Å²) in [5.74, 6) is -1.89. The number of aliphatic hydroxyl groups excluding tert-OH is 2. The van der Waals surface area contributed by atoms with Crippen LogP contribution in [-0.4, -0.2) is 47.1 Å². The quantitative estimate of drug-likeness (QED) is 0.476. The van der Waals surface area contributed by atoms with E-state index in [9.17, 15) is 9.59 Å². The van der Waals surface area contributed by atoms with Crippen LogP contribution >= 0.6 is 0 Å². The molecule has 1 atom stereocenters. The summed E-state index contributed by atoms with van der Waals surface area (Å²) in [6.45, 7) is -0.460. The van der Waals surface area contributed by atoms with Gasteiger partial charge in [-0.25, -0.2) is 0 Å². The van der Waals surface area contributed by atoms with Crippen LogP contribution in [0.15, 0.2) is 0 Å². The standard InChI is InChI=1S/C10H18O6/c11-5-4-8(2-1-3-9(13)14)10(15)16-7-6-12/h8,11-12H,1-7H2,(H,13,14). The second kappa shape index (κ2) is 9.11. The molecular formula is C10H18O6. The Hall–Kier alpha value is -1.14. The Morgan fingerprint density at radius 3 is 2.31 bits per heavy atom. The highest BCUT2D eigenvalue weighted by Gasteiger charge is 2.19. The molecule has 1 unspecified atom stereocenters. The predicted molar refractivity (Wildman–Crippen MR) is 54.7 cm³/mol. The van der Waals surface area contributed by atoms with Crippen molar-refractivity contribution in [3.63, 3.8) is 0 Å². The Morgan fingerprint density at radius 1 is 1.12 bits per heavy atom. The highest BCUT2D eigenvalue weighted by atomic mass is 16.5. The summed E-state index contributed by atoms with van der Waals surface area (Å²) in [5.41, 5.74) is 0. The molecule has 0 aromatic rings. The maximum Gasteiger partial charge on any atom is 0.309 e. The molecule has 0 fully saturated rings. The summed E-state index contributed by atoms with van der Waals surface area (Å²) < 4.78 is 4.72. The third-order valence-corrected chi connectivity index (χ3v) is 2.09. The first kappa shape index (κ1) is 14.9. The zero-order valence-corrected chi connectivity index (χ0v) is 9.09. The van der Waals surface area contributed by atoms with E-state index in [4.69, 9.17) is 20.1 Å². The molecule has 94 valence electrons. The number of rotatable bonds is 9. The first-order valence-corrected chi connectivity index (χ1v) is 5.22. The number of hydrogen-bond acceptors (Lipinski definition) is 5. The Labute approximate surface area is 93.8 Å². The van der Waals surface area contributed by atoms with Gasteiger partial charge in [0, 0.05) is 13.0 Å². The zero-order chi connectivity index (χ0) is 12.4. The van der Waals surface area contributed by atoms with Gasteiger partial charge in [-0.3, -0.25) is 9.59 Å². The highest BCUT2D eigenvalue weighted by Crippen LogP contribution is 2.14. The van der Waals surface area contributed by atoms with Crippen LogP contribution in [0.4, 0.5) is 0 Å². The van der Waals surface area contributed by atoms with Gasteiger partial charge < -0.3 is 20.1 Å². The average Bonchev–Trinajstić information content (AvgIpc) is 2.24. The summed E-state index contributed by atoms with van der Waals surface area (Å²) in [6, 6.07) is 0. The van der Waals surface area contributed by atoms with E-state index in [1.54, 1.807) is 0 Å². The van der Waals surface area contributed by atoms with Crippen LogP contribution in [0.2, 0.25) is 0 Å². The largest absolute Gasteiger partial charge is 0.481 e. The van der Waals surface area contributed by atoms with Crippen molar-refractivity contribution in [3.8, 4) is 0 Å². The van der Waals surface area contributed by atoms with Crippen molar-refractivity contribution in [2.24, 2.45) is 5.92 Å². The number of carbonyl (C=O) groups is 2. The van der Waals surface area contributed by atoms with Crippen LogP contribution in [0.3, 0.4) is 0 Å². The SMILES string of the molecule is O=C(O)CCCC(CCO)C(=O)OCCO. The summed E-state index contributed by atoms with van der Waals surface area (Å²) >= 11 is 0. The van der Waals surface area contributed by atoms with Crippen molar-refractivity contribution in [2.75, 3.05) is 19.8 Å². The van der Waals surface area contributed by atoms with Crippen LogP contribution in [0.25, 0.3) is 0 Å². The van der Waals surface area contributed by atoms with E-state index in [1.807, 2.05) is 0 Å². The fraction of sp³-hybridized carbons (Fsp3) is 0.800. The molecule has 0 amide bonds. The number of esters is 1. The highest BCUT2D eigenvalue weighted by molar-refractivity contribution is 5.72. The lowest BCUT2D eigenvalue weighted by Crippen LogP contribution is -2.21. The Balaban J connectivity index is 3.94. The monoisotopic (exact) mass is 234 g/mol. The van der Waals surface area contributed by atoms with Crippen molar-refractivity contribution in [3.05, 3.63) is 0 Å². The van der Waals surface area contributed by atoms with Crippen molar-refractivity contribution in [2.45, 2.75) is 25.7 Å². The molecule has 0 aliphatic carbocycles. The van der Waals surface area contributed by atoms with Gasteiger partial charge in [-0.15, -0.1) is 0 Å². The minimum absolute atomic E-state index is 0.00475. The van der Waals surface area contributed by atoms with Crippen LogP contribution in [0, 0.1) is 5.92 Å². The fourth-order valence-corrected chi connectivity index (χ4v) is 1.30. The summed E-state index contributed by atoms with van der Waals surface area (Å²) in [4.78, 5) is 21.7. The van der Waals surface area contributed by atoms with E-state index in [0.717, 1.165) is 0 Å². The second-order valence-corrected chi connectivity index (χ2v) is 3.39. The Morgan fingerprint density at radius 2 is 1.81 bits per heavy atom. The smallest absolute Gasteiger partial charge is 0.309 e. The molecule has 0 saturated heterocycles. The number of carboxylic acid groups (broad SMARTS) is 1. The lowest BCUT2D eigenvalue weighted by Gasteiger charge is -2.13. The van der Waals surface area contributed by atoms with Crippen molar-refractivity contribution in [1.29, 1.82) is 0 Å². The van der Waals surface area contributed by atoms with Crippen LogP contribution < -0.4 is 0 Å². The normalized spacial score (nSPS) is 12.1. The van der Waals surface area contributed by atoms with E-state index in [-0.39, 0.29) is 32.7 Å². The number of aliphatic carboxylic acids is 1. The van der Waals surface area contributed by atoms with Gasteiger partial charge in [0.05, 0.1) is 12.5 Å². The summed E-state index contributed by atoms with van der Waals surface area (Å²) in [6.07, 6.45) is 0.991. The fourth-order valence-electron chi connectivity index (χ4n) is 1.30. The van der Waals surface area contributed by atoms with Crippen molar-refractivity contribution in [1.82, 2.24) is 0 Å². The molecule has 0 spiro atoms. The van der Waals surface area contributed by atoms with Crippen molar-refractivity contribution >= 4 is 11.9 Å². The molecule has 0 aromatic heterocycles.